The highest BCUT2D eigenvalue weighted by Gasteiger charge is 2.35. The molecule has 0 saturated carbocycles. The Morgan fingerprint density at radius 3 is 2.50 bits per heavy atom. The van der Waals surface area contributed by atoms with Crippen LogP contribution in [-0.4, -0.2) is 71.2 Å². The number of aliphatic imine (C=N–C) groups is 1. The van der Waals surface area contributed by atoms with Crippen molar-refractivity contribution < 1.29 is 31.1 Å². The molecule has 0 amide bonds. The van der Waals surface area contributed by atoms with E-state index in [9.17, 15) is 26.4 Å². The van der Waals surface area contributed by atoms with E-state index in [1.165, 1.54) is 18.2 Å². The van der Waals surface area contributed by atoms with E-state index in [1.807, 2.05) is 0 Å². The number of halogens is 4. The van der Waals surface area contributed by atoms with Crippen LogP contribution in [0.25, 0.3) is 10.4 Å². The number of thiophene rings is 1. The van der Waals surface area contributed by atoms with Crippen LogP contribution in [0.3, 0.4) is 0 Å². The van der Waals surface area contributed by atoms with Crippen molar-refractivity contribution in [2.45, 2.75) is 11.1 Å². The summed E-state index contributed by atoms with van der Waals surface area (Å²) >= 11 is 6.98. The van der Waals surface area contributed by atoms with Gasteiger partial charge in [-0.05, 0) is 43.9 Å². The summed E-state index contributed by atoms with van der Waals surface area (Å²) in [5.74, 6) is -0.743. The summed E-state index contributed by atoms with van der Waals surface area (Å²) in [5, 5.41) is -0.855. The Labute approximate surface area is 204 Å². The van der Waals surface area contributed by atoms with E-state index >= 15 is 0 Å². The molecular formula is C21H23ClF3N3O4S2. The van der Waals surface area contributed by atoms with E-state index in [0.717, 1.165) is 17.6 Å². The Kier molecular flexibility index (Phi) is 9.29. The molecule has 13 heteroatoms. The molecule has 0 unspecified atom stereocenters. The largest absolute Gasteiger partial charge is 0.463 e. The molecule has 0 aliphatic carbocycles. The predicted octanol–water partition coefficient (Wildman–Crippen LogP) is 3.68. The van der Waals surface area contributed by atoms with Gasteiger partial charge in [-0.1, -0.05) is 23.7 Å². The van der Waals surface area contributed by atoms with Crippen molar-refractivity contribution in [1.29, 1.82) is 0 Å². The maximum absolute atomic E-state index is 13.2. The van der Waals surface area contributed by atoms with Gasteiger partial charge in [0.1, 0.15) is 18.8 Å². The second kappa shape index (κ2) is 11.3. The Morgan fingerprint density at radius 1 is 1.24 bits per heavy atom. The maximum atomic E-state index is 13.2. The number of carbonyl (C=O) groups is 1. The van der Waals surface area contributed by atoms with Gasteiger partial charge in [-0.15, -0.1) is 11.3 Å². The molecule has 0 aliphatic heterocycles. The minimum Gasteiger partial charge on any atom is -0.463 e. The number of alkyl halides is 3. The van der Waals surface area contributed by atoms with Crippen LogP contribution in [0.4, 0.5) is 13.2 Å². The Hall–Kier alpha value is -2.41. The van der Waals surface area contributed by atoms with Crippen molar-refractivity contribution in [1.82, 2.24) is 4.90 Å². The van der Waals surface area contributed by atoms with Crippen molar-refractivity contribution in [3.05, 3.63) is 52.0 Å². The van der Waals surface area contributed by atoms with Gasteiger partial charge in [-0.25, -0.2) is 8.42 Å². The first-order valence-corrected chi connectivity index (χ1v) is 12.8. The number of benzene rings is 1. The number of esters is 1. The van der Waals surface area contributed by atoms with Crippen LogP contribution < -0.4 is 5.73 Å². The second-order valence-corrected chi connectivity index (χ2v) is 10.9. The van der Waals surface area contributed by atoms with Crippen LogP contribution in [0, 0.1) is 0 Å². The molecule has 1 heterocycles. The number of carbonyl (C=O) groups excluding carboxylic acids is 1. The van der Waals surface area contributed by atoms with Crippen molar-refractivity contribution in [2.24, 2.45) is 10.7 Å². The molecule has 2 N–H and O–H groups in total. The van der Waals surface area contributed by atoms with Crippen LogP contribution in [0.2, 0.25) is 0 Å². The van der Waals surface area contributed by atoms with Gasteiger partial charge in [0.15, 0.2) is 9.84 Å². The topological polar surface area (TPSA) is 102 Å². The van der Waals surface area contributed by atoms with Gasteiger partial charge in [0.05, 0.1) is 20.5 Å². The van der Waals surface area contributed by atoms with Crippen molar-refractivity contribution >= 4 is 44.5 Å². The SMILES string of the molecule is CN(C)CCOC(=O)CN=C(C(Cl)=C(N)C(F)(F)F)c1ccc(-c2cccc(S(C)(=O)=O)c2)s1. The molecule has 2 rings (SSSR count). The average molecular weight is 538 g/mol. The number of hydrogen-bond acceptors (Lipinski definition) is 8. The van der Waals surface area contributed by atoms with Gasteiger partial charge in [0.25, 0.3) is 0 Å². The minimum absolute atomic E-state index is 0.0881. The molecule has 1 aromatic heterocycles. The lowest BCUT2D eigenvalue weighted by Crippen LogP contribution is -2.24. The molecule has 0 radical (unpaired) electrons. The molecule has 2 aromatic rings. The van der Waals surface area contributed by atoms with E-state index < -0.39 is 39.3 Å². The fourth-order valence-corrected chi connectivity index (χ4v) is 4.55. The predicted molar refractivity (Wildman–Crippen MR) is 127 cm³/mol. The van der Waals surface area contributed by atoms with E-state index in [2.05, 4.69) is 4.99 Å². The maximum Gasteiger partial charge on any atom is 0.432 e. The molecule has 34 heavy (non-hydrogen) atoms. The van der Waals surface area contributed by atoms with Crippen LogP contribution in [0.1, 0.15) is 4.88 Å². The van der Waals surface area contributed by atoms with E-state index in [1.54, 1.807) is 37.2 Å². The summed E-state index contributed by atoms with van der Waals surface area (Å²) in [4.78, 5) is 18.6. The highest BCUT2D eigenvalue weighted by molar-refractivity contribution is 7.90. The second-order valence-electron chi connectivity index (χ2n) is 7.38. The number of ether oxygens (including phenoxy) is 1. The first-order chi connectivity index (χ1) is 15.7. The number of rotatable bonds is 9. The zero-order valence-corrected chi connectivity index (χ0v) is 20.9. The Morgan fingerprint density at radius 2 is 1.91 bits per heavy atom. The molecule has 7 nitrogen and oxygen atoms in total. The third-order valence-electron chi connectivity index (χ3n) is 4.30. The van der Waals surface area contributed by atoms with Gasteiger partial charge >= 0.3 is 12.1 Å². The molecule has 0 bridgehead atoms. The van der Waals surface area contributed by atoms with Crippen molar-refractivity contribution in [3.8, 4) is 10.4 Å². The van der Waals surface area contributed by atoms with Crippen LogP contribution >= 0.6 is 22.9 Å². The summed E-state index contributed by atoms with van der Waals surface area (Å²) in [5.41, 5.74) is 3.85. The first-order valence-electron chi connectivity index (χ1n) is 9.68. The van der Waals surface area contributed by atoms with E-state index in [4.69, 9.17) is 22.1 Å². The number of likely N-dealkylation sites (N-methyl/N-ethyl adjacent to an activating group) is 1. The summed E-state index contributed by atoms with van der Waals surface area (Å²) in [6.45, 7) is -0.0173. The number of allylic oxidation sites excluding steroid dienone is 2. The normalized spacial score (nSPS) is 13.7. The first kappa shape index (κ1) is 27.8. The third-order valence-corrected chi connectivity index (χ3v) is 6.94. The fraction of sp³-hybridized carbons (Fsp3) is 0.333. The summed E-state index contributed by atoms with van der Waals surface area (Å²) in [6, 6.07) is 9.15. The lowest BCUT2D eigenvalue weighted by atomic mass is 10.2. The average Bonchev–Trinajstić information content (AvgIpc) is 3.21. The zero-order valence-electron chi connectivity index (χ0n) is 18.5. The smallest absolute Gasteiger partial charge is 0.432 e. The number of nitrogens with two attached hydrogens (primary N) is 1. The van der Waals surface area contributed by atoms with Gasteiger partial charge in [-0.2, -0.15) is 13.2 Å². The molecular weight excluding hydrogens is 515 g/mol. The Bertz CT molecular complexity index is 1210. The molecule has 186 valence electrons. The van der Waals surface area contributed by atoms with Crippen LogP contribution in [-0.2, 0) is 19.4 Å². The van der Waals surface area contributed by atoms with Crippen LogP contribution in [0.15, 0.2) is 57.0 Å². The molecule has 0 spiro atoms. The van der Waals surface area contributed by atoms with Gasteiger partial charge in [0, 0.05) is 17.7 Å². The molecule has 1 aromatic carbocycles. The van der Waals surface area contributed by atoms with Gasteiger partial charge in [0.2, 0.25) is 0 Å². The van der Waals surface area contributed by atoms with Gasteiger partial charge < -0.3 is 15.4 Å². The number of nitrogens with zero attached hydrogens (tertiary/aromatic N) is 2. The minimum atomic E-state index is -4.91. The monoisotopic (exact) mass is 537 g/mol. The third kappa shape index (κ3) is 7.83. The quantitative estimate of drug-likeness (QED) is 0.387. The molecule has 0 saturated heterocycles. The highest BCUT2D eigenvalue weighted by Crippen LogP contribution is 2.34. The number of sulfone groups is 1. The van der Waals surface area contributed by atoms with E-state index in [0.29, 0.717) is 17.0 Å². The summed E-state index contributed by atoms with van der Waals surface area (Å²) < 4.78 is 68.2. The zero-order chi connectivity index (χ0) is 25.7. The summed E-state index contributed by atoms with van der Waals surface area (Å²) in [6.07, 6.45) is -3.84. The molecule has 0 fully saturated rings. The number of hydrogen-bond donors (Lipinski definition) is 1. The standard InChI is InChI=1S/C21H23ClF3N3O4S2/c1-28(2)9-10-32-17(29)12-27-19(18(22)20(26)21(23,24)25)16-8-7-15(33-16)13-5-4-6-14(11-13)34(3,30)31/h4-8,11H,9-10,12,26H2,1-3H3. The van der Waals surface area contributed by atoms with Gasteiger partial charge in [-0.3, -0.25) is 9.79 Å². The van der Waals surface area contributed by atoms with Crippen LogP contribution in [0.5, 0.6) is 0 Å². The molecule has 0 aliphatic rings. The summed E-state index contributed by atoms with van der Waals surface area (Å²) in [7, 11) is 0.114. The van der Waals surface area contributed by atoms with E-state index in [-0.39, 0.29) is 22.1 Å². The highest BCUT2D eigenvalue weighted by atomic mass is 35.5. The van der Waals surface area contributed by atoms with Crippen molar-refractivity contribution in [2.75, 3.05) is 40.0 Å². The van der Waals surface area contributed by atoms with Crippen molar-refractivity contribution in [3.63, 3.8) is 0 Å². The fourth-order valence-electron chi connectivity index (χ4n) is 2.54. The lowest BCUT2D eigenvalue weighted by Gasteiger charge is -2.12. The molecule has 0 atom stereocenters. The lowest BCUT2D eigenvalue weighted by molar-refractivity contribution is -0.142. The Balaban J connectivity index is 2.43.